The minimum Gasteiger partial charge on any atom is -0.383 e. The number of methoxy groups -OCH3 is 1. The maximum Gasteiger partial charge on any atom is 0.266 e. The van der Waals surface area contributed by atoms with Crippen LogP contribution in [0, 0.1) is 6.92 Å². The van der Waals surface area contributed by atoms with Crippen LogP contribution in [0.25, 0.3) is 23.1 Å². The summed E-state index contributed by atoms with van der Waals surface area (Å²) < 4.78 is 10.8. The number of morpholine rings is 1. The Kier molecular flexibility index (Phi) is 9.58. The highest BCUT2D eigenvalue weighted by Gasteiger charge is 2.20. The molecule has 0 bridgehead atoms. The molecule has 3 heterocycles. The fraction of sp³-hybridized carbons (Fsp3) is 0.323. The highest BCUT2D eigenvalue weighted by atomic mass is 32.1. The molecular formula is C31H35N5O4S. The number of benzene rings is 2. The Morgan fingerprint density at radius 2 is 1.98 bits per heavy atom. The van der Waals surface area contributed by atoms with Gasteiger partial charge in [0.15, 0.2) is 0 Å². The number of aromatic nitrogens is 2. The maximum atomic E-state index is 13.7. The average molecular weight is 574 g/mol. The van der Waals surface area contributed by atoms with Crippen molar-refractivity contribution in [2.24, 2.45) is 0 Å². The van der Waals surface area contributed by atoms with Crippen molar-refractivity contribution >= 4 is 51.9 Å². The normalized spacial score (nSPS) is 14.1. The number of ether oxygens (including phenoxy) is 2. The number of para-hydroxylation sites is 1. The second-order valence-electron chi connectivity index (χ2n) is 9.92. The number of carbonyl (C=O) groups excluding carboxylic acids is 2. The second-order valence-corrected chi connectivity index (χ2v) is 10.8. The van der Waals surface area contributed by atoms with E-state index < -0.39 is 0 Å². The van der Waals surface area contributed by atoms with Crippen molar-refractivity contribution in [2.75, 3.05) is 65.0 Å². The van der Waals surface area contributed by atoms with E-state index in [0.717, 1.165) is 47.4 Å². The summed E-state index contributed by atoms with van der Waals surface area (Å²) in [4.78, 5) is 31.7. The Bertz CT molecular complexity index is 1520. The smallest absolute Gasteiger partial charge is 0.266 e. The van der Waals surface area contributed by atoms with Crippen LogP contribution in [0.1, 0.15) is 36.9 Å². The number of anilines is 1. The molecule has 10 heteroatoms. The van der Waals surface area contributed by atoms with E-state index in [9.17, 15) is 9.59 Å². The summed E-state index contributed by atoms with van der Waals surface area (Å²) in [5.41, 5.74) is 4.49. The number of fused-ring (bicyclic) bond motifs is 1. The summed E-state index contributed by atoms with van der Waals surface area (Å²) >= 11 is 1.39. The molecule has 2 aromatic carbocycles. The van der Waals surface area contributed by atoms with Crippen LogP contribution in [-0.4, -0.2) is 91.5 Å². The minimum atomic E-state index is -0.203. The van der Waals surface area contributed by atoms with Gasteiger partial charge in [0.05, 0.1) is 35.9 Å². The van der Waals surface area contributed by atoms with Crippen molar-refractivity contribution in [1.82, 2.24) is 20.0 Å². The van der Waals surface area contributed by atoms with Crippen LogP contribution in [0.2, 0.25) is 0 Å². The van der Waals surface area contributed by atoms with E-state index in [2.05, 4.69) is 20.4 Å². The van der Waals surface area contributed by atoms with E-state index in [0.29, 0.717) is 49.0 Å². The highest BCUT2D eigenvalue weighted by Crippen LogP contribution is 2.25. The van der Waals surface area contributed by atoms with E-state index in [1.54, 1.807) is 13.2 Å². The number of nitrogens with zero attached hydrogens (tertiary/aromatic N) is 3. The van der Waals surface area contributed by atoms with Crippen LogP contribution in [0.15, 0.2) is 53.9 Å². The van der Waals surface area contributed by atoms with Crippen LogP contribution in [0.5, 0.6) is 0 Å². The molecule has 1 aliphatic heterocycles. The van der Waals surface area contributed by atoms with Gasteiger partial charge in [-0.25, -0.2) is 0 Å². The first kappa shape index (κ1) is 28.7. The lowest BCUT2D eigenvalue weighted by atomic mass is 10.1. The summed E-state index contributed by atoms with van der Waals surface area (Å²) in [6, 6.07) is 15.3. The van der Waals surface area contributed by atoms with Crippen molar-refractivity contribution in [3.63, 3.8) is 0 Å². The van der Waals surface area contributed by atoms with Gasteiger partial charge in [-0.05, 0) is 53.8 Å². The highest BCUT2D eigenvalue weighted by molar-refractivity contribution is 7.12. The third-order valence-electron chi connectivity index (χ3n) is 7.18. The molecule has 0 atom stereocenters. The van der Waals surface area contributed by atoms with E-state index in [1.807, 2.05) is 71.8 Å². The predicted molar refractivity (Wildman–Crippen MR) is 164 cm³/mol. The average Bonchev–Trinajstić information content (AvgIpc) is 3.62. The summed E-state index contributed by atoms with van der Waals surface area (Å²) in [5.74, 6) is -0.308. The van der Waals surface area contributed by atoms with Crippen LogP contribution in [0.3, 0.4) is 0 Å². The van der Waals surface area contributed by atoms with Crippen LogP contribution in [-0.2, 0) is 9.47 Å². The van der Waals surface area contributed by atoms with E-state index in [-0.39, 0.29) is 11.8 Å². The SMILES string of the molecule is COCCN(CCN1CCOCC1)C(=O)c1ccc(/C=C/c2n[nH]c3ccccc23)c(NC(=O)c2sccc2C)c1. The lowest BCUT2D eigenvalue weighted by Gasteiger charge is -2.30. The minimum absolute atomic E-state index is 0.105. The zero-order valence-electron chi connectivity index (χ0n) is 23.4. The third kappa shape index (κ3) is 7.09. The van der Waals surface area contributed by atoms with E-state index >= 15 is 0 Å². The van der Waals surface area contributed by atoms with Gasteiger partial charge >= 0.3 is 0 Å². The van der Waals surface area contributed by atoms with Crippen LogP contribution in [0.4, 0.5) is 5.69 Å². The molecule has 0 saturated carbocycles. The fourth-order valence-corrected chi connectivity index (χ4v) is 5.61. The van der Waals surface area contributed by atoms with Crippen molar-refractivity contribution in [2.45, 2.75) is 6.92 Å². The van der Waals surface area contributed by atoms with E-state index in [4.69, 9.17) is 9.47 Å². The molecule has 2 aromatic heterocycles. The number of hydrogen-bond donors (Lipinski definition) is 2. The Hall–Kier alpha value is -3.83. The molecule has 0 aliphatic carbocycles. The van der Waals surface area contributed by atoms with Gasteiger partial charge in [0.1, 0.15) is 0 Å². The topological polar surface area (TPSA) is 99.8 Å². The van der Waals surface area contributed by atoms with Gasteiger partial charge in [0, 0.05) is 56.5 Å². The number of amides is 2. The van der Waals surface area contributed by atoms with Crippen LogP contribution < -0.4 is 5.32 Å². The molecule has 2 N–H and O–H groups in total. The number of H-pyrrole nitrogens is 1. The summed E-state index contributed by atoms with van der Waals surface area (Å²) in [5, 5.41) is 13.4. The molecule has 41 heavy (non-hydrogen) atoms. The van der Waals surface area contributed by atoms with Gasteiger partial charge < -0.3 is 19.7 Å². The van der Waals surface area contributed by atoms with Crippen molar-refractivity contribution in [3.8, 4) is 0 Å². The first-order valence-corrected chi connectivity index (χ1v) is 14.6. The molecular weight excluding hydrogens is 538 g/mol. The Morgan fingerprint density at radius 1 is 1.15 bits per heavy atom. The molecule has 9 nitrogen and oxygen atoms in total. The zero-order chi connectivity index (χ0) is 28.6. The zero-order valence-corrected chi connectivity index (χ0v) is 24.2. The Morgan fingerprint density at radius 3 is 2.76 bits per heavy atom. The monoisotopic (exact) mass is 573 g/mol. The summed E-state index contributed by atoms with van der Waals surface area (Å²) in [7, 11) is 1.63. The molecule has 4 aromatic rings. The van der Waals surface area contributed by atoms with Crippen molar-refractivity contribution < 1.29 is 19.1 Å². The van der Waals surface area contributed by atoms with Gasteiger partial charge in [-0.3, -0.25) is 19.6 Å². The standard InChI is InChI=1S/C31H35N5O4S/c1-22-11-20-41-29(22)30(37)32-28-21-24(31(38)36(16-17-39-2)13-12-35-14-18-40-19-15-35)8-7-23(28)9-10-27-25-5-3-4-6-26(25)33-34-27/h3-11,20-21H,12-19H2,1-2H3,(H,32,37)(H,33,34)/b10-9+. The largest absolute Gasteiger partial charge is 0.383 e. The third-order valence-corrected chi connectivity index (χ3v) is 8.19. The lowest BCUT2D eigenvalue weighted by molar-refractivity contribution is 0.0309. The first-order chi connectivity index (χ1) is 20.0. The van der Waals surface area contributed by atoms with Crippen LogP contribution >= 0.6 is 11.3 Å². The van der Waals surface area contributed by atoms with Gasteiger partial charge in [0.25, 0.3) is 11.8 Å². The Labute approximate surface area is 243 Å². The summed E-state index contributed by atoms with van der Waals surface area (Å²) in [6.07, 6.45) is 3.82. The molecule has 5 rings (SSSR count). The fourth-order valence-electron chi connectivity index (χ4n) is 4.79. The van der Waals surface area contributed by atoms with Crippen molar-refractivity contribution in [3.05, 3.63) is 81.2 Å². The van der Waals surface area contributed by atoms with Gasteiger partial charge in [-0.1, -0.05) is 30.3 Å². The maximum absolute atomic E-state index is 13.7. The number of rotatable bonds is 11. The summed E-state index contributed by atoms with van der Waals surface area (Å²) in [6.45, 7) is 7.30. The number of carbonyl (C=O) groups is 2. The molecule has 0 spiro atoms. The lowest BCUT2D eigenvalue weighted by Crippen LogP contribution is -2.44. The number of aromatic amines is 1. The Balaban J connectivity index is 1.42. The molecule has 1 saturated heterocycles. The first-order valence-electron chi connectivity index (χ1n) is 13.7. The molecule has 214 valence electrons. The number of hydrogen-bond acceptors (Lipinski definition) is 7. The predicted octanol–water partition coefficient (Wildman–Crippen LogP) is 4.78. The van der Waals surface area contributed by atoms with E-state index in [1.165, 1.54) is 11.3 Å². The van der Waals surface area contributed by atoms with Gasteiger partial charge in [-0.2, -0.15) is 5.10 Å². The van der Waals surface area contributed by atoms with Crippen molar-refractivity contribution in [1.29, 1.82) is 0 Å². The van der Waals surface area contributed by atoms with Gasteiger partial charge in [0.2, 0.25) is 0 Å². The second kappa shape index (κ2) is 13.7. The number of nitrogens with one attached hydrogen (secondary N) is 2. The molecule has 1 aliphatic rings. The number of thiophene rings is 1. The molecule has 0 unspecified atom stereocenters. The molecule has 1 fully saturated rings. The molecule has 2 amide bonds. The number of aryl methyl sites for hydroxylation is 1. The molecule has 0 radical (unpaired) electrons. The quantitative estimate of drug-likeness (QED) is 0.268. The van der Waals surface area contributed by atoms with Gasteiger partial charge in [-0.15, -0.1) is 11.3 Å².